The first-order chi connectivity index (χ1) is 12.8. The van der Waals surface area contributed by atoms with E-state index in [0.29, 0.717) is 6.54 Å². The van der Waals surface area contributed by atoms with Gasteiger partial charge in [-0.3, -0.25) is 15.1 Å². The smallest absolute Gasteiger partial charge is 0.229 e. The molecule has 1 amide bonds. The van der Waals surface area contributed by atoms with E-state index in [9.17, 15) is 4.79 Å². The van der Waals surface area contributed by atoms with Crippen molar-refractivity contribution >= 4 is 17.2 Å². The number of amides is 1. The van der Waals surface area contributed by atoms with Crippen molar-refractivity contribution < 1.29 is 4.79 Å². The van der Waals surface area contributed by atoms with Gasteiger partial charge in [-0.15, -0.1) is 11.3 Å². The van der Waals surface area contributed by atoms with E-state index in [1.165, 1.54) is 10.4 Å². The van der Waals surface area contributed by atoms with Crippen molar-refractivity contribution in [1.29, 1.82) is 0 Å². The summed E-state index contributed by atoms with van der Waals surface area (Å²) in [6, 6.07) is 14.6. The second-order valence-electron chi connectivity index (χ2n) is 7.05. The molecule has 1 aromatic carbocycles. The maximum Gasteiger partial charge on any atom is 0.229 e. The molecule has 0 aliphatic carbocycles. The molecule has 4 rings (SSSR count). The second-order valence-corrected chi connectivity index (χ2v) is 8.09. The number of hydrazine groups is 1. The van der Waals surface area contributed by atoms with E-state index in [2.05, 4.69) is 50.3 Å². The molecule has 26 heavy (non-hydrogen) atoms. The van der Waals surface area contributed by atoms with Crippen LogP contribution in [0.15, 0.2) is 47.8 Å². The van der Waals surface area contributed by atoms with Crippen molar-refractivity contribution in [2.75, 3.05) is 32.7 Å². The Balaban J connectivity index is 1.38. The number of hydrogen-bond donors (Lipinski definition) is 2. The molecule has 2 aliphatic rings. The topological polar surface area (TPSA) is 47.6 Å². The van der Waals surface area contributed by atoms with Crippen LogP contribution in [-0.4, -0.2) is 48.4 Å². The lowest BCUT2D eigenvalue weighted by Crippen LogP contribution is -2.41. The fraction of sp³-hybridized carbons (Fsp3) is 0.450. The van der Waals surface area contributed by atoms with Crippen molar-refractivity contribution in [2.24, 2.45) is 5.92 Å². The zero-order chi connectivity index (χ0) is 17.8. The zero-order valence-corrected chi connectivity index (χ0v) is 15.8. The number of carbonyl (C=O) groups excluding carboxylic acids is 1. The highest BCUT2D eigenvalue weighted by atomic mass is 32.1. The fourth-order valence-corrected chi connectivity index (χ4v) is 4.66. The molecular weight excluding hydrogens is 344 g/mol. The summed E-state index contributed by atoms with van der Waals surface area (Å²) < 4.78 is 0. The van der Waals surface area contributed by atoms with Gasteiger partial charge in [-0.2, -0.15) is 0 Å². The number of carbonyl (C=O) groups is 1. The minimum atomic E-state index is -0.0405. The molecule has 5 nitrogen and oxygen atoms in total. The van der Waals surface area contributed by atoms with Crippen molar-refractivity contribution in [3.63, 3.8) is 0 Å². The summed E-state index contributed by atoms with van der Waals surface area (Å²) in [4.78, 5) is 19.1. The van der Waals surface area contributed by atoms with Gasteiger partial charge in [-0.1, -0.05) is 36.4 Å². The van der Waals surface area contributed by atoms with Crippen LogP contribution in [0, 0.1) is 5.92 Å². The van der Waals surface area contributed by atoms with Crippen LogP contribution in [0.3, 0.4) is 0 Å². The molecule has 3 heterocycles. The maximum atomic E-state index is 13.2. The summed E-state index contributed by atoms with van der Waals surface area (Å²) in [6.45, 7) is 5.38. The van der Waals surface area contributed by atoms with Crippen molar-refractivity contribution in [1.82, 2.24) is 20.7 Å². The van der Waals surface area contributed by atoms with Gasteiger partial charge in [0, 0.05) is 44.1 Å². The van der Waals surface area contributed by atoms with E-state index in [4.69, 9.17) is 0 Å². The quantitative estimate of drug-likeness (QED) is 0.867. The summed E-state index contributed by atoms with van der Waals surface area (Å²) in [5.41, 5.74) is 7.65. The predicted octanol–water partition coefficient (Wildman–Crippen LogP) is 2.25. The second kappa shape index (κ2) is 8.31. The third-order valence-electron chi connectivity index (χ3n) is 5.32. The molecule has 6 heteroatoms. The van der Waals surface area contributed by atoms with Crippen molar-refractivity contribution in [3.05, 3.63) is 58.3 Å². The zero-order valence-electron chi connectivity index (χ0n) is 14.9. The molecule has 0 spiro atoms. The number of hydrogen-bond acceptors (Lipinski definition) is 5. The van der Waals surface area contributed by atoms with Gasteiger partial charge >= 0.3 is 0 Å². The first kappa shape index (κ1) is 17.7. The van der Waals surface area contributed by atoms with E-state index in [1.54, 1.807) is 0 Å². The Morgan fingerprint density at radius 2 is 1.96 bits per heavy atom. The standard InChI is InChI=1S/C20H26N4OS/c25-20(18-14-21-22-19(18)16-6-2-1-3-7-16)24-10-5-9-23(11-12-24)15-17-8-4-13-26-17/h1-4,6-8,13,18-19,21-22H,5,9-12,14-15H2. The highest BCUT2D eigenvalue weighted by molar-refractivity contribution is 7.09. The minimum absolute atomic E-state index is 0.0405. The highest BCUT2D eigenvalue weighted by Gasteiger charge is 2.36. The minimum Gasteiger partial charge on any atom is -0.341 e. The van der Waals surface area contributed by atoms with Crippen molar-refractivity contribution in [3.8, 4) is 0 Å². The van der Waals surface area contributed by atoms with Gasteiger partial charge in [0.15, 0.2) is 0 Å². The average Bonchev–Trinajstić information content (AvgIpc) is 3.31. The fourth-order valence-electron chi connectivity index (χ4n) is 3.91. The van der Waals surface area contributed by atoms with E-state index in [-0.39, 0.29) is 17.9 Å². The van der Waals surface area contributed by atoms with Gasteiger partial charge < -0.3 is 4.90 Å². The molecule has 0 saturated carbocycles. The van der Waals surface area contributed by atoms with E-state index in [1.807, 2.05) is 29.5 Å². The van der Waals surface area contributed by atoms with Crippen LogP contribution < -0.4 is 10.9 Å². The molecule has 0 radical (unpaired) electrons. The number of thiophene rings is 1. The van der Waals surface area contributed by atoms with Crippen LogP contribution in [0.4, 0.5) is 0 Å². The molecule has 1 aromatic heterocycles. The number of benzene rings is 1. The Labute approximate surface area is 159 Å². The third-order valence-corrected chi connectivity index (χ3v) is 6.18. The molecule has 138 valence electrons. The molecule has 2 unspecified atom stereocenters. The monoisotopic (exact) mass is 370 g/mol. The number of rotatable bonds is 4. The van der Waals surface area contributed by atoms with Gasteiger partial charge in [0.2, 0.25) is 5.91 Å². The summed E-state index contributed by atoms with van der Waals surface area (Å²) in [5, 5.41) is 2.13. The van der Waals surface area contributed by atoms with Crippen LogP contribution in [0.25, 0.3) is 0 Å². The molecule has 2 N–H and O–H groups in total. The lowest BCUT2D eigenvalue weighted by atomic mass is 9.93. The van der Waals surface area contributed by atoms with Crippen LogP contribution >= 0.6 is 11.3 Å². The van der Waals surface area contributed by atoms with Crippen LogP contribution in [0.1, 0.15) is 22.9 Å². The van der Waals surface area contributed by atoms with E-state index >= 15 is 0 Å². The average molecular weight is 371 g/mol. The van der Waals surface area contributed by atoms with Crippen LogP contribution in [0.5, 0.6) is 0 Å². The van der Waals surface area contributed by atoms with Crippen molar-refractivity contribution in [2.45, 2.75) is 19.0 Å². The van der Waals surface area contributed by atoms with Gasteiger partial charge in [0.25, 0.3) is 0 Å². The summed E-state index contributed by atoms with van der Waals surface area (Å²) in [7, 11) is 0. The summed E-state index contributed by atoms with van der Waals surface area (Å²) >= 11 is 1.81. The lowest BCUT2D eigenvalue weighted by Gasteiger charge is -2.27. The van der Waals surface area contributed by atoms with Gasteiger partial charge in [-0.05, 0) is 23.4 Å². The molecule has 2 aliphatic heterocycles. The van der Waals surface area contributed by atoms with Crippen LogP contribution in [-0.2, 0) is 11.3 Å². The van der Waals surface area contributed by atoms with Crippen LogP contribution in [0.2, 0.25) is 0 Å². The summed E-state index contributed by atoms with van der Waals surface area (Å²) in [6.07, 6.45) is 1.04. The molecular formula is C20H26N4OS. The number of nitrogens with zero attached hydrogens (tertiary/aromatic N) is 2. The first-order valence-corrected chi connectivity index (χ1v) is 10.3. The number of nitrogens with one attached hydrogen (secondary N) is 2. The van der Waals surface area contributed by atoms with Gasteiger partial charge in [0.1, 0.15) is 0 Å². The highest BCUT2D eigenvalue weighted by Crippen LogP contribution is 2.27. The normalized spacial score (nSPS) is 24.5. The Hall–Kier alpha value is -1.73. The Bertz CT molecular complexity index is 706. The SMILES string of the molecule is O=C(C1CNNC1c1ccccc1)N1CCCN(Cc2cccs2)CC1. The predicted molar refractivity (Wildman–Crippen MR) is 105 cm³/mol. The maximum absolute atomic E-state index is 13.2. The Kier molecular flexibility index (Phi) is 5.65. The summed E-state index contributed by atoms with van der Waals surface area (Å²) in [5.74, 6) is 0.232. The Morgan fingerprint density at radius 1 is 1.08 bits per heavy atom. The largest absolute Gasteiger partial charge is 0.341 e. The molecule has 2 atom stereocenters. The van der Waals surface area contributed by atoms with E-state index in [0.717, 1.165) is 39.1 Å². The molecule has 2 fully saturated rings. The lowest BCUT2D eigenvalue weighted by molar-refractivity contribution is -0.135. The first-order valence-electron chi connectivity index (χ1n) is 9.38. The molecule has 2 saturated heterocycles. The third kappa shape index (κ3) is 3.99. The molecule has 0 bridgehead atoms. The molecule has 2 aromatic rings. The van der Waals surface area contributed by atoms with Gasteiger partial charge in [-0.25, -0.2) is 5.43 Å². The Morgan fingerprint density at radius 3 is 2.77 bits per heavy atom. The van der Waals surface area contributed by atoms with E-state index < -0.39 is 0 Å². The van der Waals surface area contributed by atoms with Gasteiger partial charge in [0.05, 0.1) is 12.0 Å².